The van der Waals surface area contributed by atoms with Crippen LogP contribution in [-0.2, 0) is 15.8 Å². The summed E-state index contributed by atoms with van der Waals surface area (Å²) in [7, 11) is -5.08. The van der Waals surface area contributed by atoms with Crippen molar-refractivity contribution in [2.45, 2.75) is 37.8 Å². The van der Waals surface area contributed by atoms with Gasteiger partial charge >= 0.3 is 103 Å². The third-order valence-electron chi connectivity index (χ3n) is 4.11. The van der Waals surface area contributed by atoms with Crippen LogP contribution in [-0.4, -0.2) is 16.8 Å². The molecule has 10 heteroatoms. The molecule has 0 bridgehead atoms. The van der Waals surface area contributed by atoms with Crippen LogP contribution in [0.3, 0.4) is 0 Å². The van der Waals surface area contributed by atoms with E-state index in [1.807, 2.05) is 54.6 Å². The molecule has 0 aliphatic carbocycles. The second kappa shape index (κ2) is 15.8. The van der Waals surface area contributed by atoms with Crippen LogP contribution in [0, 0.1) is 0 Å². The topological polar surface area (TPSA) is 122 Å². The molecular weight excluding hydrogens is 447 g/mol. The molecule has 2 N–H and O–H groups in total. The minimum Gasteiger partial charge on any atom is -0.810 e. The van der Waals surface area contributed by atoms with Gasteiger partial charge in [-0.3, -0.25) is 10.0 Å². The van der Waals surface area contributed by atoms with Crippen molar-refractivity contribution in [3.05, 3.63) is 60.2 Å². The van der Waals surface area contributed by atoms with Gasteiger partial charge < -0.3 is 19.1 Å². The summed E-state index contributed by atoms with van der Waals surface area (Å²) in [6.45, 7) is 0. The van der Waals surface area contributed by atoms with E-state index in [2.05, 4.69) is 0 Å². The molecule has 1 unspecified atom stereocenters. The number of hydrogen-bond donors (Lipinski definition) is 2. The number of hydroxylamine groups is 1. The van der Waals surface area contributed by atoms with Gasteiger partial charge in [0.2, 0.25) is 0 Å². The molecule has 29 heavy (non-hydrogen) atoms. The van der Waals surface area contributed by atoms with Crippen molar-refractivity contribution in [2.75, 3.05) is 0 Å². The first-order valence-electron chi connectivity index (χ1n) is 8.67. The van der Waals surface area contributed by atoms with Gasteiger partial charge in [0, 0.05) is 0 Å². The Bertz CT molecular complexity index is 787. The third-order valence-corrected chi connectivity index (χ3v) is 5.37. The Balaban J connectivity index is 0.00000392. The Morgan fingerprint density at radius 1 is 1.00 bits per heavy atom. The average molecular weight is 470 g/mol. The van der Waals surface area contributed by atoms with Crippen molar-refractivity contribution in [1.82, 2.24) is 5.48 Å². The summed E-state index contributed by atoms with van der Waals surface area (Å²) in [5, 5.41) is 8.54. The van der Waals surface area contributed by atoms with Gasteiger partial charge in [-0.2, -0.15) is 0 Å². The van der Waals surface area contributed by atoms with Crippen molar-refractivity contribution in [3.63, 3.8) is 0 Å². The SMILES string of the molecule is O=C(NO)C(CCCCCc1cccc(Oc2ccccc2)c1)P(=O)([O-])[O-].[K+].[K+]. The summed E-state index contributed by atoms with van der Waals surface area (Å²) in [4.78, 5) is 33.5. The molecule has 1 atom stereocenters. The van der Waals surface area contributed by atoms with Crippen molar-refractivity contribution in [1.29, 1.82) is 0 Å². The Morgan fingerprint density at radius 3 is 2.28 bits per heavy atom. The second-order valence-corrected chi connectivity index (χ2v) is 7.90. The van der Waals surface area contributed by atoms with Crippen LogP contribution < -0.4 is 123 Å². The van der Waals surface area contributed by atoms with E-state index in [0.717, 1.165) is 29.9 Å². The second-order valence-electron chi connectivity index (χ2n) is 6.19. The van der Waals surface area contributed by atoms with Crippen molar-refractivity contribution < 1.29 is 132 Å². The van der Waals surface area contributed by atoms with Gasteiger partial charge in [0.25, 0.3) is 5.91 Å². The minimum absolute atomic E-state index is 0. The van der Waals surface area contributed by atoms with E-state index in [0.29, 0.717) is 12.8 Å². The van der Waals surface area contributed by atoms with E-state index in [1.165, 1.54) is 5.48 Å². The molecule has 0 saturated carbocycles. The average Bonchev–Trinajstić information content (AvgIpc) is 2.64. The number of carbonyl (C=O) groups excluding carboxylic acids is 1. The van der Waals surface area contributed by atoms with E-state index >= 15 is 0 Å². The number of unbranched alkanes of at least 4 members (excludes halogenated alkanes) is 2. The van der Waals surface area contributed by atoms with Crippen LogP contribution in [0.5, 0.6) is 11.5 Å². The fourth-order valence-electron chi connectivity index (χ4n) is 2.74. The number of hydrogen-bond acceptors (Lipinski definition) is 6. The number of amides is 1. The molecule has 2 aromatic carbocycles. The van der Waals surface area contributed by atoms with Gasteiger partial charge in [-0.15, -0.1) is 0 Å². The van der Waals surface area contributed by atoms with Crippen LogP contribution in [0.1, 0.15) is 31.2 Å². The molecule has 1 amide bonds. The maximum absolute atomic E-state index is 11.3. The van der Waals surface area contributed by atoms with Crippen LogP contribution in [0.15, 0.2) is 54.6 Å². The summed E-state index contributed by atoms with van der Waals surface area (Å²) in [5.41, 5.74) is 0.583. The summed E-state index contributed by atoms with van der Waals surface area (Å²) >= 11 is 0. The standard InChI is InChI=1S/C19H24NO6P.2K/c21-19(20-22)18(27(23,24)25)13-6-1-3-8-15-9-7-12-17(14-15)26-16-10-4-2-5-11-16;;/h2,4-5,7,9-12,14,18,22H,1,3,6,8,13H2,(H,20,21)(H2,23,24,25);;/q;2*+1/p-2. The minimum atomic E-state index is -5.08. The maximum Gasteiger partial charge on any atom is 1.00 e. The molecular formula is C19H22K2NO6P. The van der Waals surface area contributed by atoms with Gasteiger partial charge in [0.1, 0.15) is 11.5 Å². The number of aryl methyl sites for hydroxylation is 1. The molecule has 0 spiro atoms. The molecule has 0 fully saturated rings. The summed E-state index contributed by atoms with van der Waals surface area (Å²) < 4.78 is 16.9. The number of benzene rings is 2. The fraction of sp³-hybridized carbons (Fsp3) is 0.316. The first-order valence-corrected chi connectivity index (χ1v) is 10.3. The molecule has 2 rings (SSSR count). The zero-order valence-electron chi connectivity index (χ0n) is 16.7. The van der Waals surface area contributed by atoms with E-state index in [9.17, 15) is 19.1 Å². The normalized spacial score (nSPS) is 11.6. The van der Waals surface area contributed by atoms with Crippen LogP contribution in [0.4, 0.5) is 0 Å². The molecule has 146 valence electrons. The van der Waals surface area contributed by atoms with Crippen LogP contribution in [0.25, 0.3) is 0 Å². The van der Waals surface area contributed by atoms with Gasteiger partial charge in [0.05, 0.1) is 5.66 Å². The van der Waals surface area contributed by atoms with E-state index in [-0.39, 0.29) is 109 Å². The quantitative estimate of drug-likeness (QED) is 0.122. The predicted octanol–water partition coefficient (Wildman–Crippen LogP) is -3.62. The monoisotopic (exact) mass is 469 g/mol. The molecule has 0 aromatic heterocycles. The molecule has 0 aliphatic heterocycles. The third kappa shape index (κ3) is 11.5. The van der Waals surface area contributed by atoms with Crippen molar-refractivity contribution >= 4 is 13.5 Å². The Kier molecular flexibility index (Phi) is 16.4. The number of nitrogens with one attached hydrogen (secondary N) is 1. The zero-order valence-corrected chi connectivity index (χ0v) is 23.9. The molecule has 0 saturated heterocycles. The van der Waals surface area contributed by atoms with Crippen LogP contribution in [0.2, 0.25) is 0 Å². The van der Waals surface area contributed by atoms with Gasteiger partial charge in [0.15, 0.2) is 0 Å². The van der Waals surface area contributed by atoms with E-state index in [4.69, 9.17) is 9.94 Å². The maximum atomic E-state index is 11.3. The molecule has 0 heterocycles. The predicted molar refractivity (Wildman–Crippen MR) is 96.5 cm³/mol. The van der Waals surface area contributed by atoms with Crippen molar-refractivity contribution in [2.24, 2.45) is 0 Å². The molecule has 7 nitrogen and oxygen atoms in total. The first-order chi connectivity index (χ1) is 12.9. The summed E-state index contributed by atoms with van der Waals surface area (Å²) in [5.74, 6) is 0.314. The van der Waals surface area contributed by atoms with Crippen LogP contribution >= 0.6 is 7.60 Å². The Hall–Kier alpha value is 1.09. The molecule has 2 aromatic rings. The summed E-state index contributed by atoms with van der Waals surface area (Å²) in [6.07, 6.45) is 2.47. The van der Waals surface area contributed by atoms with Gasteiger partial charge in [-0.1, -0.05) is 50.8 Å². The molecule has 0 radical (unpaired) electrons. The van der Waals surface area contributed by atoms with E-state index in [1.54, 1.807) is 0 Å². The largest absolute Gasteiger partial charge is 1.00 e. The van der Waals surface area contributed by atoms with Gasteiger partial charge in [-0.05, 0) is 49.1 Å². The zero-order chi connectivity index (χ0) is 19.7. The molecule has 0 aliphatic rings. The number of ether oxygens (including phenoxy) is 1. The van der Waals surface area contributed by atoms with E-state index < -0.39 is 19.2 Å². The van der Waals surface area contributed by atoms with Gasteiger partial charge in [-0.25, -0.2) is 5.48 Å². The number of rotatable bonds is 10. The first kappa shape index (κ1) is 30.1. The number of para-hydroxylation sites is 1. The Labute approximate surface area is 256 Å². The smallest absolute Gasteiger partial charge is 0.810 e. The Morgan fingerprint density at radius 2 is 1.66 bits per heavy atom. The summed E-state index contributed by atoms with van der Waals surface area (Å²) in [6, 6.07) is 17.1. The fourth-order valence-corrected chi connectivity index (χ4v) is 3.58. The number of carbonyl (C=O) groups is 1. The van der Waals surface area contributed by atoms with Crippen molar-refractivity contribution in [3.8, 4) is 11.5 Å².